The fraction of sp³-hybridized carbons (Fsp3) is 0.238. The third-order valence-electron chi connectivity index (χ3n) is 4.34. The van der Waals surface area contributed by atoms with Crippen LogP contribution in [0.4, 0.5) is 0 Å². The molecule has 3 rings (SSSR count). The maximum atomic E-state index is 12.3. The van der Waals surface area contributed by atoms with Crippen molar-refractivity contribution < 1.29 is 14.3 Å². The van der Waals surface area contributed by atoms with E-state index in [1.54, 1.807) is 18.2 Å². The van der Waals surface area contributed by atoms with Crippen LogP contribution >= 0.6 is 0 Å². The summed E-state index contributed by atoms with van der Waals surface area (Å²) in [5.74, 6) is 0.330. The first-order valence-electron chi connectivity index (χ1n) is 8.66. The molecule has 5 nitrogen and oxygen atoms in total. The quantitative estimate of drug-likeness (QED) is 0.633. The number of Topliss-reactive ketones (excluding diaryl/α,β-unsaturated/α-hetero) is 1. The highest BCUT2D eigenvalue weighted by Crippen LogP contribution is 2.19. The second-order valence-electron chi connectivity index (χ2n) is 6.04. The molecule has 0 spiro atoms. The van der Waals surface area contributed by atoms with E-state index in [0.717, 1.165) is 5.52 Å². The van der Waals surface area contributed by atoms with Crippen molar-refractivity contribution in [3.63, 3.8) is 0 Å². The van der Waals surface area contributed by atoms with Crippen LogP contribution in [0.3, 0.4) is 0 Å². The molecule has 1 heterocycles. The number of amides is 1. The first-order chi connectivity index (χ1) is 12.7. The molecule has 134 valence electrons. The van der Waals surface area contributed by atoms with Gasteiger partial charge in [0.1, 0.15) is 5.75 Å². The molecule has 5 heteroatoms. The number of nitrogens with zero attached hydrogens (tertiary/aromatic N) is 1. The molecule has 0 atom stereocenters. The van der Waals surface area contributed by atoms with E-state index >= 15 is 0 Å². The average Bonchev–Trinajstić information content (AvgIpc) is 3.09. The maximum absolute atomic E-state index is 12.3. The molecular weight excluding hydrogens is 328 g/mol. The molecule has 0 saturated heterocycles. The summed E-state index contributed by atoms with van der Waals surface area (Å²) in [4.78, 5) is 24.3. The van der Waals surface area contributed by atoms with Crippen LogP contribution in [0.5, 0.6) is 5.75 Å². The van der Waals surface area contributed by atoms with E-state index in [1.165, 1.54) is 12.5 Å². The molecule has 0 aliphatic heterocycles. The van der Waals surface area contributed by atoms with Crippen LogP contribution in [-0.4, -0.2) is 29.9 Å². The second kappa shape index (κ2) is 8.34. The molecule has 0 aliphatic carbocycles. The first-order valence-corrected chi connectivity index (χ1v) is 8.66. The Labute approximate surface area is 152 Å². The highest BCUT2D eigenvalue weighted by atomic mass is 16.5. The molecule has 0 bridgehead atoms. The number of carbonyl (C=O) groups is 2. The lowest BCUT2D eigenvalue weighted by Gasteiger charge is -2.09. The zero-order chi connectivity index (χ0) is 18.4. The zero-order valence-electron chi connectivity index (χ0n) is 14.8. The summed E-state index contributed by atoms with van der Waals surface area (Å²) in [7, 11) is 1.53. The van der Waals surface area contributed by atoms with Gasteiger partial charge in [-0.25, -0.2) is 0 Å². The van der Waals surface area contributed by atoms with Gasteiger partial charge in [0.25, 0.3) is 0 Å². The highest BCUT2D eigenvalue weighted by Gasteiger charge is 2.13. The smallest absolute Gasteiger partial charge is 0.220 e. The lowest BCUT2D eigenvalue weighted by Crippen LogP contribution is -2.27. The number of fused-ring (bicyclic) bond motifs is 1. The van der Waals surface area contributed by atoms with Gasteiger partial charge < -0.3 is 14.6 Å². The van der Waals surface area contributed by atoms with Crippen LogP contribution in [0.2, 0.25) is 0 Å². The van der Waals surface area contributed by atoms with Gasteiger partial charge >= 0.3 is 0 Å². The van der Waals surface area contributed by atoms with Crippen LogP contribution in [0, 0.1) is 0 Å². The summed E-state index contributed by atoms with van der Waals surface area (Å²) in [5.41, 5.74) is 1.66. The summed E-state index contributed by atoms with van der Waals surface area (Å²) >= 11 is 0. The Kier molecular flexibility index (Phi) is 5.69. The molecule has 1 aromatic heterocycles. The Bertz CT molecular complexity index is 914. The Balaban J connectivity index is 1.46. The van der Waals surface area contributed by atoms with Crippen LogP contribution in [0.25, 0.3) is 10.9 Å². The predicted octanol–water partition coefficient (Wildman–Crippen LogP) is 3.43. The minimum atomic E-state index is -0.121. The van der Waals surface area contributed by atoms with Gasteiger partial charge in [-0.3, -0.25) is 9.59 Å². The van der Waals surface area contributed by atoms with Gasteiger partial charge in [0, 0.05) is 37.6 Å². The Morgan fingerprint density at radius 2 is 1.77 bits per heavy atom. The number of rotatable bonds is 8. The molecule has 0 fully saturated rings. The largest absolute Gasteiger partial charge is 0.496 e. The van der Waals surface area contributed by atoms with E-state index in [2.05, 4.69) is 28.1 Å². The highest BCUT2D eigenvalue weighted by molar-refractivity contribution is 6.00. The van der Waals surface area contributed by atoms with Crippen molar-refractivity contribution in [2.24, 2.45) is 0 Å². The van der Waals surface area contributed by atoms with Crippen molar-refractivity contribution in [2.45, 2.75) is 19.4 Å². The van der Waals surface area contributed by atoms with Crippen molar-refractivity contribution in [3.05, 3.63) is 66.4 Å². The second-order valence-corrected chi connectivity index (χ2v) is 6.04. The molecule has 0 radical (unpaired) electrons. The van der Waals surface area contributed by atoms with Gasteiger partial charge in [0.2, 0.25) is 5.91 Å². The maximum Gasteiger partial charge on any atom is 0.220 e. The van der Waals surface area contributed by atoms with Crippen molar-refractivity contribution >= 4 is 22.6 Å². The van der Waals surface area contributed by atoms with Gasteiger partial charge in [-0.15, -0.1) is 0 Å². The zero-order valence-corrected chi connectivity index (χ0v) is 14.8. The topological polar surface area (TPSA) is 60.3 Å². The Hall–Kier alpha value is -3.08. The van der Waals surface area contributed by atoms with Gasteiger partial charge in [0.15, 0.2) is 5.78 Å². The minimum Gasteiger partial charge on any atom is -0.496 e. The van der Waals surface area contributed by atoms with Gasteiger partial charge in [-0.1, -0.05) is 30.3 Å². The molecular formula is C21H22N2O3. The van der Waals surface area contributed by atoms with Crippen LogP contribution < -0.4 is 10.1 Å². The van der Waals surface area contributed by atoms with E-state index in [1.807, 2.05) is 24.4 Å². The number of nitrogens with one attached hydrogen (secondary N) is 1. The molecule has 26 heavy (non-hydrogen) atoms. The molecule has 0 saturated carbocycles. The van der Waals surface area contributed by atoms with E-state index in [-0.39, 0.29) is 24.5 Å². The van der Waals surface area contributed by atoms with E-state index < -0.39 is 0 Å². The molecule has 2 aromatic carbocycles. The fourth-order valence-corrected chi connectivity index (χ4v) is 2.98. The number of ketones is 1. The van der Waals surface area contributed by atoms with Crippen molar-refractivity contribution in [2.75, 3.05) is 13.7 Å². The molecule has 1 N–H and O–H groups in total. The van der Waals surface area contributed by atoms with Crippen molar-refractivity contribution in [1.82, 2.24) is 9.88 Å². The lowest BCUT2D eigenvalue weighted by molar-refractivity contribution is -0.121. The van der Waals surface area contributed by atoms with Gasteiger partial charge in [-0.05, 0) is 29.7 Å². The molecule has 0 aliphatic rings. The molecule has 0 unspecified atom stereocenters. The summed E-state index contributed by atoms with van der Waals surface area (Å²) in [6.45, 7) is 1.22. The number of hydrogen-bond donors (Lipinski definition) is 1. The number of benzene rings is 2. The number of aromatic nitrogens is 1. The summed E-state index contributed by atoms with van der Waals surface area (Å²) < 4.78 is 7.30. The third-order valence-corrected chi connectivity index (χ3v) is 4.34. The SMILES string of the molecule is COc1ccccc1C(=O)CCC(=O)NCCn1ccc2ccccc21. The number of carbonyl (C=O) groups excluding carboxylic acids is 2. The van der Waals surface area contributed by atoms with E-state index in [9.17, 15) is 9.59 Å². The third kappa shape index (κ3) is 4.11. The molecule has 1 amide bonds. The van der Waals surface area contributed by atoms with Crippen LogP contribution in [0.15, 0.2) is 60.8 Å². The van der Waals surface area contributed by atoms with Crippen molar-refractivity contribution in [1.29, 1.82) is 0 Å². The standard InChI is InChI=1S/C21H22N2O3/c1-26-20-9-5-3-7-17(20)19(24)10-11-21(25)22-13-15-23-14-12-16-6-2-4-8-18(16)23/h2-9,12,14H,10-11,13,15H2,1H3,(H,22,25). The molecule has 3 aromatic rings. The van der Waals surface area contributed by atoms with Crippen molar-refractivity contribution in [3.8, 4) is 5.75 Å². The first kappa shape index (κ1) is 17.7. The van der Waals surface area contributed by atoms with Crippen LogP contribution in [-0.2, 0) is 11.3 Å². The van der Waals surface area contributed by atoms with Crippen LogP contribution in [0.1, 0.15) is 23.2 Å². The number of hydrogen-bond acceptors (Lipinski definition) is 3. The van der Waals surface area contributed by atoms with Gasteiger partial charge in [-0.2, -0.15) is 0 Å². The summed E-state index contributed by atoms with van der Waals surface area (Å²) in [5, 5.41) is 4.06. The Morgan fingerprint density at radius 3 is 2.62 bits per heavy atom. The average molecular weight is 350 g/mol. The predicted molar refractivity (Wildman–Crippen MR) is 102 cm³/mol. The fourth-order valence-electron chi connectivity index (χ4n) is 2.98. The number of methoxy groups -OCH3 is 1. The number of ether oxygens (including phenoxy) is 1. The Morgan fingerprint density at radius 1 is 1.00 bits per heavy atom. The normalized spacial score (nSPS) is 10.7. The van der Waals surface area contributed by atoms with Gasteiger partial charge in [0.05, 0.1) is 12.7 Å². The lowest BCUT2D eigenvalue weighted by atomic mass is 10.1. The summed E-state index contributed by atoms with van der Waals surface area (Å²) in [6, 6.07) is 17.3. The summed E-state index contributed by atoms with van der Waals surface area (Å²) in [6.07, 6.45) is 2.35. The minimum absolute atomic E-state index is 0.0889. The number of para-hydroxylation sites is 2. The van der Waals surface area contributed by atoms with E-state index in [4.69, 9.17) is 4.74 Å². The monoisotopic (exact) mass is 350 g/mol. The van der Waals surface area contributed by atoms with E-state index in [0.29, 0.717) is 24.4 Å².